The highest BCUT2D eigenvalue weighted by atomic mass is 35.5. The van der Waals surface area contributed by atoms with Gasteiger partial charge in [-0.25, -0.2) is 8.78 Å². The summed E-state index contributed by atoms with van der Waals surface area (Å²) in [5.74, 6) is -3.46. The van der Waals surface area contributed by atoms with E-state index in [-0.39, 0.29) is 42.0 Å². The molecule has 1 amide bonds. The summed E-state index contributed by atoms with van der Waals surface area (Å²) in [6.45, 7) is 1.72. The third kappa shape index (κ3) is 2.70. The predicted molar refractivity (Wildman–Crippen MR) is 85.0 cm³/mol. The maximum atomic E-state index is 13.4. The third-order valence-electron chi connectivity index (χ3n) is 4.61. The van der Waals surface area contributed by atoms with E-state index in [1.807, 2.05) is 0 Å². The number of aliphatic hydroxyl groups is 1. The summed E-state index contributed by atoms with van der Waals surface area (Å²) in [5.41, 5.74) is -0.0456. The number of carbonyl (C=O) groups excluding carboxylic acids is 1. The van der Waals surface area contributed by atoms with Crippen molar-refractivity contribution in [1.82, 2.24) is 5.32 Å². The molecule has 1 aliphatic heterocycles. The molecule has 3 nitrogen and oxygen atoms in total. The molecule has 0 atom stereocenters. The average Bonchev–Trinajstić information content (AvgIpc) is 2.66. The van der Waals surface area contributed by atoms with Crippen LogP contribution in [-0.2, 0) is 4.79 Å². The van der Waals surface area contributed by atoms with Crippen molar-refractivity contribution in [2.45, 2.75) is 44.1 Å². The lowest BCUT2D eigenvalue weighted by Gasteiger charge is -2.36. The molecule has 23 heavy (non-hydrogen) atoms. The SMILES string of the molecule is Cc1cc(Cl)cc(Cl)c1C1=C(O)C2(CCC(F)(F)CC2)NC1=O. The summed E-state index contributed by atoms with van der Waals surface area (Å²) in [6.07, 6.45) is -0.771. The van der Waals surface area contributed by atoms with Crippen LogP contribution < -0.4 is 5.32 Å². The average molecular weight is 362 g/mol. The summed E-state index contributed by atoms with van der Waals surface area (Å²) in [6, 6.07) is 3.12. The zero-order valence-electron chi connectivity index (χ0n) is 12.4. The number of aliphatic hydroxyl groups excluding tert-OH is 1. The van der Waals surface area contributed by atoms with Crippen LogP contribution in [0.2, 0.25) is 10.0 Å². The molecule has 0 radical (unpaired) electrons. The smallest absolute Gasteiger partial charge is 0.256 e. The standard InChI is InChI=1S/C16H15Cl2F2NO2/c1-8-6-9(17)7-10(18)11(8)12-13(22)15(21-14(12)23)2-4-16(19,20)5-3-15/h6-7,22H,2-5H2,1H3,(H,21,23). The number of aryl methyl sites for hydroxylation is 1. The number of alkyl halides is 2. The van der Waals surface area contributed by atoms with E-state index in [9.17, 15) is 18.7 Å². The van der Waals surface area contributed by atoms with Crippen molar-refractivity contribution >= 4 is 34.7 Å². The molecule has 3 rings (SSSR count). The molecule has 1 spiro atoms. The van der Waals surface area contributed by atoms with Crippen molar-refractivity contribution in [2.75, 3.05) is 0 Å². The lowest BCUT2D eigenvalue weighted by Crippen LogP contribution is -2.49. The summed E-state index contributed by atoms with van der Waals surface area (Å²) < 4.78 is 26.8. The Morgan fingerprint density at radius 1 is 1.17 bits per heavy atom. The van der Waals surface area contributed by atoms with Gasteiger partial charge in [-0.3, -0.25) is 4.79 Å². The van der Waals surface area contributed by atoms with Crippen LogP contribution in [0.1, 0.15) is 36.8 Å². The van der Waals surface area contributed by atoms with Crippen LogP contribution in [0.5, 0.6) is 0 Å². The third-order valence-corrected chi connectivity index (χ3v) is 5.12. The first kappa shape index (κ1) is 16.5. The van der Waals surface area contributed by atoms with Crippen LogP contribution in [0, 0.1) is 6.92 Å². The molecule has 0 unspecified atom stereocenters. The maximum absolute atomic E-state index is 13.4. The second-order valence-electron chi connectivity index (χ2n) is 6.20. The van der Waals surface area contributed by atoms with E-state index in [1.54, 1.807) is 13.0 Å². The van der Waals surface area contributed by atoms with Gasteiger partial charge in [0.25, 0.3) is 5.91 Å². The fraction of sp³-hybridized carbons (Fsp3) is 0.438. The number of hydrogen-bond donors (Lipinski definition) is 2. The summed E-state index contributed by atoms with van der Waals surface area (Å²) in [4.78, 5) is 12.4. The Labute approximate surface area is 142 Å². The Hall–Kier alpha value is -1.33. The highest BCUT2D eigenvalue weighted by Crippen LogP contribution is 2.47. The largest absolute Gasteiger partial charge is 0.509 e. The molecular weight excluding hydrogens is 347 g/mol. The highest BCUT2D eigenvalue weighted by Gasteiger charge is 2.52. The molecule has 1 aromatic rings. The molecule has 1 aliphatic carbocycles. The summed E-state index contributed by atoms with van der Waals surface area (Å²) in [7, 11) is 0. The molecule has 124 valence electrons. The Morgan fingerprint density at radius 2 is 1.78 bits per heavy atom. The van der Waals surface area contributed by atoms with Crippen molar-refractivity contribution in [2.24, 2.45) is 0 Å². The van der Waals surface area contributed by atoms with Gasteiger partial charge in [-0.15, -0.1) is 0 Å². The fourth-order valence-electron chi connectivity index (χ4n) is 3.34. The molecule has 0 saturated heterocycles. The Kier molecular flexibility index (Phi) is 3.84. The van der Waals surface area contributed by atoms with Crippen LogP contribution >= 0.6 is 23.2 Å². The highest BCUT2D eigenvalue weighted by molar-refractivity contribution is 6.38. The maximum Gasteiger partial charge on any atom is 0.256 e. The van der Waals surface area contributed by atoms with Crippen LogP contribution in [0.4, 0.5) is 8.78 Å². The molecule has 1 aromatic carbocycles. The number of amides is 1. The topological polar surface area (TPSA) is 49.3 Å². The minimum atomic E-state index is -2.76. The van der Waals surface area contributed by atoms with Gasteiger partial charge in [0.05, 0.1) is 16.1 Å². The summed E-state index contributed by atoms with van der Waals surface area (Å²) in [5, 5.41) is 14.0. The Morgan fingerprint density at radius 3 is 2.35 bits per heavy atom. The van der Waals surface area contributed by atoms with Gasteiger partial charge in [-0.1, -0.05) is 23.2 Å². The second kappa shape index (κ2) is 5.35. The van der Waals surface area contributed by atoms with E-state index in [4.69, 9.17) is 23.2 Å². The molecule has 1 fully saturated rings. The van der Waals surface area contributed by atoms with Crippen molar-refractivity contribution < 1.29 is 18.7 Å². The lowest BCUT2D eigenvalue weighted by atomic mass is 9.78. The van der Waals surface area contributed by atoms with Gasteiger partial charge >= 0.3 is 0 Å². The van der Waals surface area contributed by atoms with Gasteiger partial charge < -0.3 is 10.4 Å². The zero-order chi connectivity index (χ0) is 17.0. The first-order valence-electron chi connectivity index (χ1n) is 7.25. The quantitative estimate of drug-likeness (QED) is 0.764. The molecule has 0 aromatic heterocycles. The van der Waals surface area contributed by atoms with Crippen LogP contribution in [0.15, 0.2) is 17.9 Å². The van der Waals surface area contributed by atoms with E-state index in [0.717, 1.165) is 0 Å². The van der Waals surface area contributed by atoms with Gasteiger partial charge in [0.15, 0.2) is 0 Å². The molecular formula is C16H15Cl2F2NO2. The van der Waals surface area contributed by atoms with E-state index in [0.29, 0.717) is 16.1 Å². The number of halogens is 4. The first-order chi connectivity index (χ1) is 10.7. The van der Waals surface area contributed by atoms with Gasteiger partial charge in [-0.05, 0) is 37.5 Å². The van der Waals surface area contributed by atoms with E-state index >= 15 is 0 Å². The lowest BCUT2D eigenvalue weighted by molar-refractivity contribution is -0.117. The van der Waals surface area contributed by atoms with Crippen LogP contribution in [-0.4, -0.2) is 22.5 Å². The van der Waals surface area contributed by atoms with Gasteiger partial charge in [0.1, 0.15) is 5.76 Å². The predicted octanol–water partition coefficient (Wildman–Crippen LogP) is 4.65. The Balaban J connectivity index is 2.08. The molecule has 2 aliphatic rings. The van der Waals surface area contributed by atoms with Crippen molar-refractivity contribution in [3.8, 4) is 0 Å². The molecule has 1 heterocycles. The number of carbonyl (C=O) groups is 1. The molecule has 0 bridgehead atoms. The number of hydrogen-bond acceptors (Lipinski definition) is 2. The normalized spacial score (nSPS) is 22.6. The van der Waals surface area contributed by atoms with E-state index in [1.165, 1.54) is 6.07 Å². The molecule has 1 saturated carbocycles. The van der Waals surface area contributed by atoms with E-state index in [2.05, 4.69) is 5.32 Å². The van der Waals surface area contributed by atoms with Crippen molar-refractivity contribution in [1.29, 1.82) is 0 Å². The monoisotopic (exact) mass is 361 g/mol. The minimum Gasteiger partial charge on any atom is -0.509 e. The van der Waals surface area contributed by atoms with Gasteiger partial charge in [0.2, 0.25) is 5.92 Å². The van der Waals surface area contributed by atoms with Crippen molar-refractivity contribution in [3.63, 3.8) is 0 Å². The van der Waals surface area contributed by atoms with Gasteiger partial charge in [-0.2, -0.15) is 0 Å². The number of benzene rings is 1. The Bertz CT molecular complexity index is 698. The molecule has 2 N–H and O–H groups in total. The first-order valence-corrected chi connectivity index (χ1v) is 8.01. The fourth-order valence-corrected chi connectivity index (χ4v) is 4.03. The second-order valence-corrected chi connectivity index (χ2v) is 7.04. The zero-order valence-corrected chi connectivity index (χ0v) is 13.9. The van der Waals surface area contributed by atoms with Crippen LogP contribution in [0.25, 0.3) is 5.57 Å². The summed E-state index contributed by atoms with van der Waals surface area (Å²) >= 11 is 12.1. The number of nitrogens with one attached hydrogen (secondary N) is 1. The molecule has 7 heteroatoms. The van der Waals surface area contributed by atoms with E-state index < -0.39 is 17.4 Å². The van der Waals surface area contributed by atoms with Gasteiger partial charge in [0, 0.05) is 23.4 Å². The minimum absolute atomic E-state index is 0.00860. The number of rotatable bonds is 1. The van der Waals surface area contributed by atoms with Crippen molar-refractivity contribution in [3.05, 3.63) is 39.1 Å². The van der Waals surface area contributed by atoms with Crippen LogP contribution in [0.3, 0.4) is 0 Å².